The van der Waals surface area contributed by atoms with Crippen LogP contribution in [0.15, 0.2) is 23.1 Å². The van der Waals surface area contributed by atoms with Crippen molar-refractivity contribution in [2.24, 2.45) is 5.41 Å². The Kier molecular flexibility index (Phi) is 3.02. The Morgan fingerprint density at radius 1 is 1.47 bits per heavy atom. The third kappa shape index (κ3) is 2.69. The van der Waals surface area contributed by atoms with Gasteiger partial charge in [-0.1, -0.05) is 13.8 Å². The van der Waals surface area contributed by atoms with Crippen molar-refractivity contribution < 1.29 is 13.3 Å². The molecule has 8 heteroatoms. The van der Waals surface area contributed by atoms with E-state index in [-0.39, 0.29) is 22.0 Å². The van der Waals surface area contributed by atoms with Crippen molar-refractivity contribution in [2.75, 3.05) is 5.73 Å². The molecule has 3 N–H and O–H groups in total. The lowest BCUT2D eigenvalue weighted by Crippen LogP contribution is -2.29. The Morgan fingerprint density at radius 3 is 2.53 bits per heavy atom. The summed E-state index contributed by atoms with van der Waals surface area (Å²) in [6.45, 7) is 3.86. The normalized spacial score (nSPS) is 21.1. The summed E-state index contributed by atoms with van der Waals surface area (Å²) in [6.07, 6.45) is 0.717. The van der Waals surface area contributed by atoms with Gasteiger partial charge in [0.2, 0.25) is 10.0 Å². The number of nitrogens with zero attached hydrogens (tertiary/aromatic N) is 1. The van der Waals surface area contributed by atoms with E-state index < -0.39 is 20.6 Å². The van der Waals surface area contributed by atoms with Crippen LogP contribution in [0.3, 0.4) is 0 Å². The molecule has 0 amide bonds. The van der Waals surface area contributed by atoms with Crippen LogP contribution in [0, 0.1) is 15.5 Å². The molecule has 1 aromatic rings. The molecule has 1 atom stereocenters. The van der Waals surface area contributed by atoms with Crippen molar-refractivity contribution in [3.05, 3.63) is 28.3 Å². The SMILES string of the molecule is CC1(C)CC1NS(=O)(=O)c1ccc(N)cc1[N+](=O)[O-]. The zero-order valence-corrected chi connectivity index (χ0v) is 11.4. The summed E-state index contributed by atoms with van der Waals surface area (Å²) in [5.74, 6) is 0. The number of rotatable bonds is 4. The lowest BCUT2D eigenvalue weighted by Gasteiger charge is -2.09. The molecule has 0 aliphatic heterocycles. The quantitative estimate of drug-likeness (QED) is 0.491. The number of sulfonamides is 1. The Morgan fingerprint density at radius 2 is 2.05 bits per heavy atom. The Bertz CT molecular complexity index is 639. The highest BCUT2D eigenvalue weighted by Gasteiger charge is 2.48. The second-order valence-electron chi connectivity index (χ2n) is 5.35. The summed E-state index contributed by atoms with van der Waals surface area (Å²) in [5, 5.41) is 10.9. The van der Waals surface area contributed by atoms with E-state index in [1.54, 1.807) is 0 Å². The van der Waals surface area contributed by atoms with Crippen LogP contribution in [0.4, 0.5) is 11.4 Å². The monoisotopic (exact) mass is 285 g/mol. The maximum Gasteiger partial charge on any atom is 0.291 e. The molecule has 7 nitrogen and oxygen atoms in total. The predicted molar refractivity (Wildman–Crippen MR) is 70.0 cm³/mol. The summed E-state index contributed by atoms with van der Waals surface area (Å²) in [5.41, 5.74) is 4.99. The molecular formula is C11H15N3O4S. The first kappa shape index (κ1) is 13.8. The van der Waals surface area contributed by atoms with Crippen LogP contribution in [-0.4, -0.2) is 19.4 Å². The lowest BCUT2D eigenvalue weighted by atomic mass is 10.2. The second kappa shape index (κ2) is 4.17. The van der Waals surface area contributed by atoms with Crippen LogP contribution in [0.2, 0.25) is 0 Å². The van der Waals surface area contributed by atoms with Crippen molar-refractivity contribution in [3.63, 3.8) is 0 Å². The molecule has 19 heavy (non-hydrogen) atoms. The van der Waals surface area contributed by atoms with Gasteiger partial charge in [-0.25, -0.2) is 13.1 Å². The summed E-state index contributed by atoms with van der Waals surface area (Å²) in [4.78, 5) is 9.81. The minimum absolute atomic E-state index is 0.102. The maximum atomic E-state index is 12.2. The lowest BCUT2D eigenvalue weighted by molar-refractivity contribution is -0.387. The van der Waals surface area contributed by atoms with Crippen LogP contribution < -0.4 is 10.5 Å². The molecule has 1 unspecified atom stereocenters. The first-order valence-corrected chi connectivity index (χ1v) is 7.18. The van der Waals surface area contributed by atoms with Gasteiger partial charge >= 0.3 is 0 Å². The van der Waals surface area contributed by atoms with Crippen molar-refractivity contribution in [3.8, 4) is 0 Å². The zero-order valence-electron chi connectivity index (χ0n) is 10.6. The number of nitrogen functional groups attached to an aromatic ring is 1. The van der Waals surface area contributed by atoms with Crippen LogP contribution in [0.25, 0.3) is 0 Å². The van der Waals surface area contributed by atoms with Crippen LogP contribution in [0.5, 0.6) is 0 Å². The van der Waals surface area contributed by atoms with Gasteiger partial charge in [-0.15, -0.1) is 0 Å². The van der Waals surface area contributed by atoms with Gasteiger partial charge in [0.05, 0.1) is 4.92 Å². The first-order valence-electron chi connectivity index (χ1n) is 5.70. The molecule has 1 aliphatic carbocycles. The molecule has 0 aromatic heterocycles. The second-order valence-corrected chi connectivity index (χ2v) is 7.03. The zero-order chi connectivity index (χ0) is 14.4. The molecule has 0 bridgehead atoms. The molecule has 1 aromatic carbocycles. The molecular weight excluding hydrogens is 270 g/mol. The fourth-order valence-electron chi connectivity index (χ4n) is 1.82. The topological polar surface area (TPSA) is 115 Å². The highest BCUT2D eigenvalue weighted by atomic mass is 32.2. The predicted octanol–water partition coefficient (Wildman–Crippen LogP) is 1.25. The molecule has 0 heterocycles. The molecule has 104 valence electrons. The number of benzene rings is 1. The van der Waals surface area contributed by atoms with Gasteiger partial charge in [0.1, 0.15) is 0 Å². The summed E-state index contributed by atoms with van der Waals surface area (Å²) < 4.78 is 26.8. The van der Waals surface area contributed by atoms with Crippen LogP contribution in [0.1, 0.15) is 20.3 Å². The Labute approximate surface area is 111 Å². The number of hydrogen-bond donors (Lipinski definition) is 2. The number of hydrogen-bond acceptors (Lipinski definition) is 5. The van der Waals surface area contributed by atoms with E-state index in [9.17, 15) is 18.5 Å². The van der Waals surface area contributed by atoms with Crippen molar-refractivity contribution in [1.29, 1.82) is 0 Å². The third-order valence-corrected chi connectivity index (χ3v) is 4.80. The van der Waals surface area contributed by atoms with Crippen molar-refractivity contribution in [1.82, 2.24) is 4.72 Å². The summed E-state index contributed by atoms with van der Waals surface area (Å²) in [7, 11) is -3.91. The molecule has 0 spiro atoms. The van der Waals surface area contributed by atoms with Gasteiger partial charge in [-0.2, -0.15) is 0 Å². The van der Waals surface area contributed by atoms with E-state index in [1.807, 2.05) is 13.8 Å². The van der Waals surface area contributed by atoms with Gasteiger partial charge in [0.25, 0.3) is 5.69 Å². The molecule has 0 saturated heterocycles. The molecule has 2 rings (SSSR count). The van der Waals surface area contributed by atoms with E-state index in [0.29, 0.717) is 0 Å². The van der Waals surface area contributed by atoms with Gasteiger partial charge < -0.3 is 5.73 Å². The highest BCUT2D eigenvalue weighted by Crippen LogP contribution is 2.45. The van der Waals surface area contributed by atoms with Crippen molar-refractivity contribution in [2.45, 2.75) is 31.2 Å². The Hall–Kier alpha value is -1.67. The van der Waals surface area contributed by atoms with E-state index in [2.05, 4.69) is 4.72 Å². The minimum atomic E-state index is -3.91. The summed E-state index contributed by atoms with van der Waals surface area (Å²) >= 11 is 0. The third-order valence-electron chi connectivity index (χ3n) is 3.28. The molecule has 0 radical (unpaired) electrons. The number of nitrogens with one attached hydrogen (secondary N) is 1. The number of nitro groups is 1. The average Bonchev–Trinajstić information content (AvgIpc) is 2.84. The van der Waals surface area contributed by atoms with Gasteiger partial charge in [-0.05, 0) is 24.0 Å². The molecule has 1 saturated carbocycles. The number of anilines is 1. The standard InChI is InChI=1S/C11H15N3O4S/c1-11(2)6-10(11)13-19(17,18)9-4-3-7(12)5-8(9)14(15)16/h3-5,10,13H,6,12H2,1-2H3. The fraction of sp³-hybridized carbons (Fsp3) is 0.455. The fourth-order valence-corrected chi connectivity index (χ4v) is 3.38. The van der Waals surface area contributed by atoms with E-state index in [1.165, 1.54) is 6.07 Å². The highest BCUT2D eigenvalue weighted by molar-refractivity contribution is 7.89. The average molecular weight is 285 g/mol. The maximum absolute atomic E-state index is 12.2. The van der Waals surface area contributed by atoms with Gasteiger partial charge in [-0.3, -0.25) is 10.1 Å². The Balaban J connectivity index is 2.38. The van der Waals surface area contributed by atoms with Gasteiger partial charge in [0, 0.05) is 17.8 Å². The van der Waals surface area contributed by atoms with Crippen molar-refractivity contribution >= 4 is 21.4 Å². The summed E-state index contributed by atoms with van der Waals surface area (Å²) in [6, 6.07) is 3.35. The molecule has 1 fully saturated rings. The number of nitrogens with two attached hydrogens (primary N) is 1. The number of nitro benzene ring substituents is 1. The smallest absolute Gasteiger partial charge is 0.291 e. The van der Waals surface area contributed by atoms with Crippen LogP contribution >= 0.6 is 0 Å². The van der Waals surface area contributed by atoms with Gasteiger partial charge in [0.15, 0.2) is 4.90 Å². The van der Waals surface area contributed by atoms with E-state index >= 15 is 0 Å². The van der Waals surface area contributed by atoms with E-state index in [4.69, 9.17) is 5.73 Å². The first-order chi connectivity index (χ1) is 8.63. The van der Waals surface area contributed by atoms with E-state index in [0.717, 1.165) is 18.6 Å². The minimum Gasteiger partial charge on any atom is -0.399 e. The largest absolute Gasteiger partial charge is 0.399 e. The van der Waals surface area contributed by atoms with Crippen LogP contribution in [-0.2, 0) is 10.0 Å². The molecule has 1 aliphatic rings.